The number of guanidine groups is 1. The van der Waals surface area contributed by atoms with Crippen LogP contribution in [0.2, 0.25) is 5.02 Å². The molecule has 1 aliphatic rings. The molecule has 1 aliphatic heterocycles. The molecule has 164 valence electrons. The molecule has 0 saturated heterocycles. The molecule has 0 amide bonds. The molecule has 0 saturated carbocycles. The number of nitrogens with one attached hydrogen (secondary N) is 2. The van der Waals surface area contributed by atoms with Gasteiger partial charge in [0.25, 0.3) is 0 Å². The van der Waals surface area contributed by atoms with Crippen molar-refractivity contribution in [2.75, 3.05) is 16.8 Å². The van der Waals surface area contributed by atoms with Gasteiger partial charge in [-0.05, 0) is 35.4 Å². The number of nitrogens with two attached hydrogens (primary N) is 2. The number of hydrogen-bond acceptors (Lipinski definition) is 9. The fraction of sp³-hybridized carbons (Fsp3) is 0.0909. The maximum absolute atomic E-state index is 13.7. The molecule has 6 N–H and O–H groups in total. The molecule has 0 spiro atoms. The van der Waals surface area contributed by atoms with Gasteiger partial charge in [0.1, 0.15) is 47.5 Å². The molecule has 9 nitrogen and oxygen atoms in total. The predicted octanol–water partition coefficient (Wildman–Crippen LogP) is 3.43. The number of fused-ring (bicyclic) bond motifs is 1. The Morgan fingerprint density at radius 1 is 1.21 bits per heavy atom. The molecular weight excluding hydrogens is 447 g/mol. The molecule has 1 aromatic heterocycles. The first-order valence-electron chi connectivity index (χ1n) is 9.56. The molecule has 11 heteroatoms. The monoisotopic (exact) mass is 462 g/mol. The molecule has 3 aromatic rings. The normalized spacial score (nSPS) is 14.2. The summed E-state index contributed by atoms with van der Waals surface area (Å²) in [5, 5.41) is 23.8. The summed E-state index contributed by atoms with van der Waals surface area (Å²) in [4.78, 5) is 8.74. The third kappa shape index (κ3) is 4.28. The van der Waals surface area contributed by atoms with Crippen molar-refractivity contribution < 1.29 is 9.13 Å². The second-order valence-electron chi connectivity index (χ2n) is 7.01. The fourth-order valence-electron chi connectivity index (χ4n) is 3.39. The van der Waals surface area contributed by atoms with Crippen LogP contribution in [0.15, 0.2) is 47.5 Å². The average molecular weight is 463 g/mol. The molecule has 0 fully saturated rings. The summed E-state index contributed by atoms with van der Waals surface area (Å²) in [5.74, 6) is 0.361. The van der Waals surface area contributed by atoms with Crippen molar-refractivity contribution in [3.63, 3.8) is 0 Å². The highest BCUT2D eigenvalue weighted by atomic mass is 35.5. The number of nitrogens with zero attached hydrogens (tertiary/aromatic N) is 4. The summed E-state index contributed by atoms with van der Waals surface area (Å²) in [7, 11) is 0. The number of aromatic nitrogens is 1. The molecule has 1 atom stereocenters. The zero-order valence-electron chi connectivity index (χ0n) is 16.9. The largest absolute Gasteiger partial charge is 0.489 e. The van der Waals surface area contributed by atoms with Crippen LogP contribution in [-0.2, 0) is 6.61 Å². The Balaban J connectivity index is 1.70. The van der Waals surface area contributed by atoms with E-state index in [1.54, 1.807) is 36.5 Å². The fourth-order valence-corrected chi connectivity index (χ4v) is 3.51. The number of aliphatic imine (C=N–C) groups is 1. The molecule has 0 radical (unpaired) electrons. The number of nitrogen functional groups attached to an aromatic ring is 2. The van der Waals surface area contributed by atoms with Crippen LogP contribution in [0.4, 0.5) is 21.7 Å². The lowest BCUT2D eigenvalue weighted by Crippen LogP contribution is -2.32. The molecule has 4 rings (SSSR count). The summed E-state index contributed by atoms with van der Waals surface area (Å²) in [6.07, 6.45) is 1.80. The number of anilines is 3. The number of nitriles is 2. The highest BCUT2D eigenvalue weighted by Gasteiger charge is 2.29. The van der Waals surface area contributed by atoms with Crippen LogP contribution in [0.3, 0.4) is 0 Å². The van der Waals surface area contributed by atoms with Gasteiger partial charge in [0.05, 0.1) is 10.7 Å². The molecule has 0 aliphatic carbocycles. The lowest BCUT2D eigenvalue weighted by molar-refractivity contribution is 0.305. The van der Waals surface area contributed by atoms with Crippen molar-refractivity contribution in [3.8, 4) is 18.0 Å². The Morgan fingerprint density at radius 2 is 2.03 bits per heavy atom. The van der Waals surface area contributed by atoms with Gasteiger partial charge in [-0.15, -0.1) is 0 Å². The number of pyridine rings is 1. The Morgan fingerprint density at radius 3 is 2.76 bits per heavy atom. The summed E-state index contributed by atoms with van der Waals surface area (Å²) in [6, 6.07) is 12.7. The van der Waals surface area contributed by atoms with Gasteiger partial charge in [-0.1, -0.05) is 29.8 Å². The second-order valence-corrected chi connectivity index (χ2v) is 7.42. The van der Waals surface area contributed by atoms with Crippen molar-refractivity contribution >= 4 is 34.9 Å². The van der Waals surface area contributed by atoms with E-state index in [4.69, 9.17) is 33.1 Å². The van der Waals surface area contributed by atoms with Gasteiger partial charge in [0.2, 0.25) is 5.96 Å². The number of benzene rings is 2. The third-order valence-corrected chi connectivity index (χ3v) is 5.23. The number of rotatable bonds is 4. The van der Waals surface area contributed by atoms with Crippen molar-refractivity contribution in [1.82, 2.24) is 10.3 Å². The molecule has 2 heterocycles. The number of hydrogen-bond donors (Lipinski definition) is 4. The zero-order valence-corrected chi connectivity index (χ0v) is 17.7. The topological polar surface area (TPSA) is 158 Å². The maximum atomic E-state index is 13.7. The lowest BCUT2D eigenvalue weighted by Gasteiger charge is -2.26. The zero-order chi connectivity index (χ0) is 23.5. The van der Waals surface area contributed by atoms with Gasteiger partial charge >= 0.3 is 0 Å². The van der Waals surface area contributed by atoms with Crippen LogP contribution in [0, 0.1) is 28.6 Å². The Kier molecular flexibility index (Phi) is 5.85. The standard InChI is InChI=1S/C22H16ClFN8O/c23-15-5-4-11(6-16(15)24)9-33-13-3-1-2-12(7-13)19-17-18(27)14(8-25)20(28)31-21(17)32-22(30-19)29-10-26/h1-7,19H,9H2,(H6,27,28,29,30,31,32). The highest BCUT2D eigenvalue weighted by molar-refractivity contribution is 6.30. The van der Waals surface area contributed by atoms with Crippen molar-refractivity contribution in [2.45, 2.75) is 12.6 Å². The van der Waals surface area contributed by atoms with E-state index in [1.165, 1.54) is 12.1 Å². The van der Waals surface area contributed by atoms with Crippen molar-refractivity contribution in [2.24, 2.45) is 4.99 Å². The van der Waals surface area contributed by atoms with E-state index in [2.05, 4.69) is 20.6 Å². The number of halogens is 2. The highest BCUT2D eigenvalue weighted by Crippen LogP contribution is 2.41. The molecular formula is C22H16ClFN8O. The quantitative estimate of drug-likeness (QED) is 0.339. The SMILES string of the molecule is N#CNC1=NC(c2cccc(OCc3ccc(Cl)c(F)c3)c2)c2c(nc(N)c(C#N)c2N)N1. The Labute approximate surface area is 193 Å². The summed E-state index contributed by atoms with van der Waals surface area (Å²) in [6.45, 7) is 0.115. The average Bonchev–Trinajstić information content (AvgIpc) is 2.80. The predicted molar refractivity (Wildman–Crippen MR) is 122 cm³/mol. The van der Waals surface area contributed by atoms with Gasteiger partial charge in [-0.25, -0.2) is 14.4 Å². The molecule has 1 unspecified atom stereocenters. The van der Waals surface area contributed by atoms with Gasteiger partial charge in [0.15, 0.2) is 6.19 Å². The van der Waals surface area contributed by atoms with E-state index < -0.39 is 11.9 Å². The first kappa shape index (κ1) is 21.7. The molecule has 2 aromatic carbocycles. The Hall–Kier alpha value is -4.54. The first-order chi connectivity index (χ1) is 15.9. The minimum atomic E-state index is -0.700. The smallest absolute Gasteiger partial charge is 0.211 e. The van der Waals surface area contributed by atoms with Gasteiger partial charge in [0, 0.05) is 5.56 Å². The van der Waals surface area contributed by atoms with E-state index in [0.29, 0.717) is 22.4 Å². The second kappa shape index (κ2) is 8.91. The molecule has 33 heavy (non-hydrogen) atoms. The van der Waals surface area contributed by atoms with Crippen LogP contribution in [0.5, 0.6) is 5.75 Å². The van der Waals surface area contributed by atoms with Crippen LogP contribution in [0.25, 0.3) is 0 Å². The van der Waals surface area contributed by atoms with Crippen LogP contribution >= 0.6 is 11.6 Å². The van der Waals surface area contributed by atoms with E-state index in [0.717, 1.165) is 0 Å². The first-order valence-corrected chi connectivity index (χ1v) is 9.94. The minimum Gasteiger partial charge on any atom is -0.489 e. The molecule has 0 bridgehead atoms. The van der Waals surface area contributed by atoms with Crippen molar-refractivity contribution in [3.05, 3.63) is 75.6 Å². The maximum Gasteiger partial charge on any atom is 0.211 e. The minimum absolute atomic E-state index is 0.0357. The van der Waals surface area contributed by atoms with Crippen LogP contribution in [-0.4, -0.2) is 10.9 Å². The van der Waals surface area contributed by atoms with Gasteiger partial charge < -0.3 is 21.5 Å². The summed E-state index contributed by atoms with van der Waals surface area (Å²) < 4.78 is 19.5. The summed E-state index contributed by atoms with van der Waals surface area (Å²) >= 11 is 5.72. The third-order valence-electron chi connectivity index (χ3n) is 4.92. The van der Waals surface area contributed by atoms with Gasteiger partial charge in [-0.3, -0.25) is 5.32 Å². The van der Waals surface area contributed by atoms with Crippen LogP contribution < -0.4 is 26.8 Å². The lowest BCUT2D eigenvalue weighted by atomic mass is 9.95. The Bertz CT molecular complexity index is 1360. The van der Waals surface area contributed by atoms with Crippen molar-refractivity contribution in [1.29, 1.82) is 10.5 Å². The van der Waals surface area contributed by atoms with E-state index in [1.807, 2.05) is 6.07 Å². The van der Waals surface area contributed by atoms with E-state index >= 15 is 0 Å². The van der Waals surface area contributed by atoms with Crippen LogP contribution in [0.1, 0.15) is 28.3 Å². The van der Waals surface area contributed by atoms with E-state index in [-0.39, 0.29) is 40.5 Å². The number of ether oxygens (including phenoxy) is 1. The summed E-state index contributed by atoms with van der Waals surface area (Å²) in [5.41, 5.74) is 14.0. The van der Waals surface area contributed by atoms with E-state index in [9.17, 15) is 9.65 Å². The van der Waals surface area contributed by atoms with Gasteiger partial charge in [-0.2, -0.15) is 10.5 Å².